The smallest absolute Gasteiger partial charge is 0.302 e. The van der Waals surface area contributed by atoms with Gasteiger partial charge in [0.15, 0.2) is 0 Å². The SMILES string of the molecule is CCCCO[C@@H]1[C@H]2N=C(N(C)C)O[C@H]2C[C@H](C(C)OC(C)=O)[C@H]1OCCCC. The van der Waals surface area contributed by atoms with E-state index in [1.165, 1.54) is 6.92 Å². The van der Waals surface area contributed by atoms with Crippen LogP contribution >= 0.6 is 0 Å². The number of hydrogen-bond donors (Lipinski definition) is 0. The molecule has 0 aromatic rings. The number of nitrogens with zero attached hydrogens (tertiary/aromatic N) is 2. The zero-order valence-electron chi connectivity index (χ0n) is 18.3. The zero-order valence-corrected chi connectivity index (χ0v) is 18.3. The van der Waals surface area contributed by atoms with Gasteiger partial charge in [0.05, 0.1) is 6.10 Å². The van der Waals surface area contributed by atoms with Crippen molar-refractivity contribution in [2.24, 2.45) is 10.9 Å². The summed E-state index contributed by atoms with van der Waals surface area (Å²) in [6.45, 7) is 9.01. The maximum atomic E-state index is 11.6. The van der Waals surface area contributed by atoms with Gasteiger partial charge in [-0.15, -0.1) is 0 Å². The molecule has 1 aliphatic carbocycles. The van der Waals surface area contributed by atoms with Crippen molar-refractivity contribution in [3.8, 4) is 0 Å². The Balaban J connectivity index is 2.26. The molecular weight excluding hydrogens is 360 g/mol. The van der Waals surface area contributed by atoms with Gasteiger partial charge in [0.2, 0.25) is 0 Å². The van der Waals surface area contributed by atoms with E-state index in [9.17, 15) is 4.79 Å². The highest BCUT2D eigenvalue weighted by atomic mass is 16.6. The molecule has 0 radical (unpaired) electrons. The van der Waals surface area contributed by atoms with Crippen molar-refractivity contribution in [2.45, 2.75) is 90.3 Å². The minimum Gasteiger partial charge on any atom is -0.462 e. The van der Waals surface area contributed by atoms with Crippen LogP contribution in [0.1, 0.15) is 59.8 Å². The number of carbonyl (C=O) groups is 1. The number of carbonyl (C=O) groups excluding carboxylic acids is 1. The lowest BCUT2D eigenvalue weighted by Gasteiger charge is -2.44. The molecule has 0 saturated heterocycles. The normalized spacial score (nSPS) is 30.2. The fourth-order valence-electron chi connectivity index (χ4n) is 3.93. The third-order valence-corrected chi connectivity index (χ3v) is 5.44. The van der Waals surface area contributed by atoms with Gasteiger partial charge in [-0.3, -0.25) is 4.79 Å². The van der Waals surface area contributed by atoms with Gasteiger partial charge < -0.3 is 23.8 Å². The Labute approximate surface area is 169 Å². The van der Waals surface area contributed by atoms with Crippen LogP contribution in [0.5, 0.6) is 0 Å². The number of hydrogen-bond acceptors (Lipinski definition) is 7. The van der Waals surface area contributed by atoms with Crippen molar-refractivity contribution >= 4 is 12.0 Å². The lowest BCUT2D eigenvalue weighted by atomic mass is 9.77. The van der Waals surface area contributed by atoms with Gasteiger partial charge in [-0.25, -0.2) is 4.99 Å². The summed E-state index contributed by atoms with van der Waals surface area (Å²) < 4.78 is 24.3. The maximum absolute atomic E-state index is 11.6. The first-order chi connectivity index (χ1) is 13.4. The molecule has 1 saturated carbocycles. The molecule has 1 aliphatic heterocycles. The predicted molar refractivity (Wildman–Crippen MR) is 108 cm³/mol. The van der Waals surface area contributed by atoms with Crippen molar-refractivity contribution < 1.29 is 23.7 Å². The van der Waals surface area contributed by atoms with Gasteiger partial charge in [0, 0.05) is 40.2 Å². The monoisotopic (exact) mass is 398 g/mol. The summed E-state index contributed by atoms with van der Waals surface area (Å²) in [4.78, 5) is 18.3. The highest BCUT2D eigenvalue weighted by molar-refractivity contribution is 5.75. The number of amidine groups is 1. The summed E-state index contributed by atoms with van der Waals surface area (Å²) in [5.41, 5.74) is 0. The van der Waals surface area contributed by atoms with Gasteiger partial charge in [0.25, 0.3) is 6.02 Å². The maximum Gasteiger partial charge on any atom is 0.302 e. The minimum atomic E-state index is -0.275. The summed E-state index contributed by atoms with van der Waals surface area (Å²) in [5.74, 6) is -0.270. The minimum absolute atomic E-state index is 0.00495. The van der Waals surface area contributed by atoms with Gasteiger partial charge in [-0.05, 0) is 26.2 Å². The molecule has 1 fully saturated rings. The van der Waals surface area contributed by atoms with Crippen LogP contribution in [0.15, 0.2) is 4.99 Å². The summed E-state index contributed by atoms with van der Waals surface area (Å²) in [7, 11) is 3.86. The number of ether oxygens (including phenoxy) is 4. The molecule has 6 atom stereocenters. The molecule has 28 heavy (non-hydrogen) atoms. The van der Waals surface area contributed by atoms with Gasteiger partial charge in [-0.2, -0.15) is 0 Å². The average molecular weight is 399 g/mol. The first-order valence-electron chi connectivity index (χ1n) is 10.7. The topological polar surface area (TPSA) is 69.6 Å². The van der Waals surface area contributed by atoms with Crippen molar-refractivity contribution in [3.05, 3.63) is 0 Å². The van der Waals surface area contributed by atoms with Crippen molar-refractivity contribution in [1.82, 2.24) is 4.90 Å². The fourth-order valence-corrected chi connectivity index (χ4v) is 3.93. The second-order valence-corrected chi connectivity index (χ2v) is 8.05. The Morgan fingerprint density at radius 3 is 2.32 bits per heavy atom. The summed E-state index contributed by atoms with van der Waals surface area (Å²) in [6, 6.07) is 0.536. The second-order valence-electron chi connectivity index (χ2n) is 8.05. The number of esters is 1. The second kappa shape index (κ2) is 11.0. The number of unbranched alkanes of at least 4 members (excludes halogenated alkanes) is 2. The molecule has 0 N–H and O–H groups in total. The molecular formula is C21H38N2O5. The van der Waals surface area contributed by atoms with Crippen molar-refractivity contribution in [3.63, 3.8) is 0 Å². The molecule has 0 amide bonds. The lowest BCUT2D eigenvalue weighted by molar-refractivity contribution is -0.176. The number of rotatable bonds is 10. The van der Waals surface area contributed by atoms with Gasteiger partial charge >= 0.3 is 5.97 Å². The van der Waals surface area contributed by atoms with Crippen molar-refractivity contribution in [1.29, 1.82) is 0 Å². The molecule has 7 nitrogen and oxygen atoms in total. The standard InChI is InChI=1S/C21H38N2O5/c1-7-9-11-25-19-16(14(3)27-15(4)24)13-17-18(20(19)26-12-10-8-2)22-21(28-17)23(5)6/h14,16-20H,7-13H2,1-6H3/t14?,16-,17+,18+,19-,20-/m1/s1. The molecule has 1 unspecified atom stereocenters. The van der Waals surface area contributed by atoms with Crippen molar-refractivity contribution in [2.75, 3.05) is 27.3 Å². The van der Waals surface area contributed by atoms with Gasteiger partial charge in [0.1, 0.15) is 24.4 Å². The first kappa shape index (κ1) is 22.9. The van der Waals surface area contributed by atoms with E-state index in [-0.39, 0.29) is 42.3 Å². The van der Waals surface area contributed by atoms with Crippen LogP contribution in [0.3, 0.4) is 0 Å². The van der Waals surface area contributed by atoms with Crippen LogP contribution in [0, 0.1) is 5.92 Å². The molecule has 2 aliphatic rings. The predicted octanol–water partition coefficient (Wildman–Crippen LogP) is 3.01. The highest BCUT2D eigenvalue weighted by Gasteiger charge is 2.52. The van der Waals surface area contributed by atoms with Crippen LogP contribution in [0.4, 0.5) is 0 Å². The summed E-state index contributed by atoms with van der Waals surface area (Å²) in [6.07, 6.45) is 4.11. The van der Waals surface area contributed by atoms with Gasteiger partial charge in [-0.1, -0.05) is 26.7 Å². The molecule has 2 rings (SSSR count). The van der Waals surface area contributed by atoms with Crippen LogP contribution < -0.4 is 0 Å². The molecule has 162 valence electrons. The van der Waals surface area contributed by atoms with E-state index in [1.807, 2.05) is 25.9 Å². The highest BCUT2D eigenvalue weighted by Crippen LogP contribution is 2.39. The third-order valence-electron chi connectivity index (χ3n) is 5.44. The Kier molecular flexibility index (Phi) is 9.02. The first-order valence-corrected chi connectivity index (χ1v) is 10.7. The Bertz CT molecular complexity index is 525. The molecule has 0 bridgehead atoms. The largest absolute Gasteiger partial charge is 0.462 e. The Morgan fingerprint density at radius 2 is 1.79 bits per heavy atom. The molecule has 7 heteroatoms. The fraction of sp³-hybridized carbons (Fsp3) is 0.905. The molecule has 0 aromatic carbocycles. The molecule has 1 heterocycles. The van der Waals surface area contributed by atoms with Crippen LogP contribution in [0.2, 0.25) is 0 Å². The van der Waals surface area contributed by atoms with Crippen LogP contribution in [0.25, 0.3) is 0 Å². The summed E-state index contributed by atoms with van der Waals surface area (Å²) in [5, 5.41) is 0. The van der Waals surface area contributed by atoms with Crippen LogP contribution in [-0.4, -0.2) is 74.7 Å². The van der Waals surface area contributed by atoms with E-state index in [1.54, 1.807) is 0 Å². The zero-order chi connectivity index (χ0) is 20.7. The van der Waals surface area contributed by atoms with E-state index in [0.29, 0.717) is 19.2 Å². The Hall–Kier alpha value is -1.34. The quantitative estimate of drug-likeness (QED) is 0.416. The van der Waals surface area contributed by atoms with E-state index in [0.717, 1.165) is 32.1 Å². The van der Waals surface area contributed by atoms with E-state index < -0.39 is 0 Å². The number of fused-ring (bicyclic) bond motifs is 1. The summed E-state index contributed by atoms with van der Waals surface area (Å²) >= 11 is 0. The lowest BCUT2D eigenvalue weighted by Crippen LogP contribution is -2.57. The molecule has 0 aromatic heterocycles. The molecule has 0 spiro atoms. The van der Waals surface area contributed by atoms with Crippen LogP contribution in [-0.2, 0) is 23.7 Å². The van der Waals surface area contributed by atoms with E-state index in [4.69, 9.17) is 23.9 Å². The van der Waals surface area contributed by atoms with E-state index >= 15 is 0 Å². The number of aliphatic imine (C=N–C) groups is 1. The third kappa shape index (κ3) is 5.83. The Morgan fingerprint density at radius 1 is 1.18 bits per heavy atom. The average Bonchev–Trinajstić information content (AvgIpc) is 3.06. The van der Waals surface area contributed by atoms with E-state index in [2.05, 4.69) is 13.8 Å².